The molecule has 0 saturated heterocycles. The molecule has 64 valence electrons. The van der Waals surface area contributed by atoms with Gasteiger partial charge in [0.05, 0.1) is 0 Å². The minimum absolute atomic E-state index is 0.222. The van der Waals surface area contributed by atoms with Crippen LogP contribution in [0.4, 0.5) is 0 Å². The van der Waals surface area contributed by atoms with Crippen LogP contribution in [0.1, 0.15) is 33.1 Å². The monoisotopic (exact) mass is 155 g/mol. The molecule has 2 nitrogen and oxygen atoms in total. The minimum Gasteiger partial charge on any atom is -0.343 e. The second kappa shape index (κ2) is 3.74. The van der Waals surface area contributed by atoms with Crippen LogP contribution in [0.15, 0.2) is 0 Å². The van der Waals surface area contributed by atoms with Crippen LogP contribution in [0, 0.1) is 5.92 Å². The Morgan fingerprint density at radius 3 is 2.45 bits per heavy atom. The van der Waals surface area contributed by atoms with E-state index in [2.05, 4.69) is 0 Å². The zero-order valence-corrected chi connectivity index (χ0v) is 7.47. The SMILES string of the molecule is CCN(CC1CCC1)C(C)=O. The Bertz CT molecular complexity index is 140. The highest BCUT2D eigenvalue weighted by Gasteiger charge is 2.20. The number of rotatable bonds is 3. The lowest BCUT2D eigenvalue weighted by Crippen LogP contribution is -2.35. The van der Waals surface area contributed by atoms with Gasteiger partial charge < -0.3 is 4.90 Å². The van der Waals surface area contributed by atoms with E-state index in [9.17, 15) is 4.79 Å². The quantitative estimate of drug-likeness (QED) is 0.607. The summed E-state index contributed by atoms with van der Waals surface area (Å²) >= 11 is 0. The summed E-state index contributed by atoms with van der Waals surface area (Å²) in [7, 11) is 0. The molecular weight excluding hydrogens is 138 g/mol. The molecule has 0 aromatic rings. The topological polar surface area (TPSA) is 20.3 Å². The van der Waals surface area contributed by atoms with Crippen LogP contribution < -0.4 is 0 Å². The van der Waals surface area contributed by atoms with Gasteiger partial charge in [0.2, 0.25) is 5.91 Å². The van der Waals surface area contributed by atoms with Crippen molar-refractivity contribution in [3.8, 4) is 0 Å². The standard InChI is InChI=1S/C9H17NO/c1-3-10(8(2)11)7-9-5-4-6-9/h9H,3-7H2,1-2H3. The number of amides is 1. The number of hydrogen-bond acceptors (Lipinski definition) is 1. The molecule has 1 fully saturated rings. The Morgan fingerprint density at radius 2 is 2.18 bits per heavy atom. The van der Waals surface area contributed by atoms with Crippen molar-refractivity contribution >= 4 is 5.91 Å². The molecule has 0 spiro atoms. The first kappa shape index (κ1) is 8.57. The zero-order chi connectivity index (χ0) is 8.27. The van der Waals surface area contributed by atoms with Crippen molar-refractivity contribution < 1.29 is 4.79 Å². The molecule has 1 rings (SSSR count). The molecule has 1 amide bonds. The van der Waals surface area contributed by atoms with E-state index in [0.717, 1.165) is 19.0 Å². The first-order valence-corrected chi connectivity index (χ1v) is 4.49. The second-order valence-corrected chi connectivity index (χ2v) is 3.35. The zero-order valence-electron chi connectivity index (χ0n) is 7.47. The van der Waals surface area contributed by atoms with Gasteiger partial charge in [-0.15, -0.1) is 0 Å². The number of hydrogen-bond donors (Lipinski definition) is 0. The molecule has 1 aliphatic rings. The Morgan fingerprint density at radius 1 is 1.55 bits per heavy atom. The van der Waals surface area contributed by atoms with E-state index in [1.807, 2.05) is 11.8 Å². The molecule has 0 aromatic carbocycles. The predicted octanol–water partition coefficient (Wildman–Crippen LogP) is 1.65. The van der Waals surface area contributed by atoms with E-state index in [4.69, 9.17) is 0 Å². The van der Waals surface area contributed by atoms with Crippen LogP contribution in [-0.2, 0) is 4.79 Å². The third-order valence-electron chi connectivity index (χ3n) is 2.53. The normalized spacial score (nSPS) is 17.6. The second-order valence-electron chi connectivity index (χ2n) is 3.35. The van der Waals surface area contributed by atoms with E-state index >= 15 is 0 Å². The molecule has 0 bridgehead atoms. The van der Waals surface area contributed by atoms with Crippen molar-refractivity contribution in [3.63, 3.8) is 0 Å². The van der Waals surface area contributed by atoms with E-state index < -0.39 is 0 Å². The summed E-state index contributed by atoms with van der Waals surface area (Å²) in [6.45, 7) is 5.56. The molecule has 0 radical (unpaired) electrons. The average molecular weight is 155 g/mol. The minimum atomic E-state index is 0.222. The summed E-state index contributed by atoms with van der Waals surface area (Å²) in [5.74, 6) is 1.03. The summed E-state index contributed by atoms with van der Waals surface area (Å²) in [5, 5.41) is 0. The highest BCUT2D eigenvalue weighted by atomic mass is 16.2. The third-order valence-corrected chi connectivity index (χ3v) is 2.53. The van der Waals surface area contributed by atoms with E-state index in [-0.39, 0.29) is 5.91 Å². The lowest BCUT2D eigenvalue weighted by molar-refractivity contribution is -0.129. The van der Waals surface area contributed by atoms with Gasteiger partial charge in [-0.1, -0.05) is 6.42 Å². The fourth-order valence-electron chi connectivity index (χ4n) is 1.47. The Labute approximate surface area is 68.6 Å². The largest absolute Gasteiger partial charge is 0.343 e. The smallest absolute Gasteiger partial charge is 0.219 e. The van der Waals surface area contributed by atoms with Gasteiger partial charge in [-0.25, -0.2) is 0 Å². The molecule has 1 saturated carbocycles. The Balaban J connectivity index is 2.24. The van der Waals surface area contributed by atoms with Crippen LogP contribution in [0.25, 0.3) is 0 Å². The Kier molecular flexibility index (Phi) is 2.92. The number of carbonyl (C=O) groups excluding carboxylic acids is 1. The van der Waals surface area contributed by atoms with Gasteiger partial charge in [-0.2, -0.15) is 0 Å². The molecule has 0 aromatic heterocycles. The maximum absolute atomic E-state index is 11.0. The molecular formula is C9H17NO. The van der Waals surface area contributed by atoms with Gasteiger partial charge in [-0.3, -0.25) is 4.79 Å². The number of nitrogens with zero attached hydrogens (tertiary/aromatic N) is 1. The van der Waals surface area contributed by atoms with Crippen molar-refractivity contribution in [1.82, 2.24) is 4.90 Å². The van der Waals surface area contributed by atoms with E-state index in [1.165, 1.54) is 19.3 Å². The summed E-state index contributed by atoms with van der Waals surface area (Å²) in [4.78, 5) is 12.9. The fraction of sp³-hybridized carbons (Fsp3) is 0.889. The first-order valence-electron chi connectivity index (χ1n) is 4.49. The van der Waals surface area contributed by atoms with Gasteiger partial charge in [0.1, 0.15) is 0 Å². The van der Waals surface area contributed by atoms with Crippen molar-refractivity contribution in [1.29, 1.82) is 0 Å². The van der Waals surface area contributed by atoms with Gasteiger partial charge in [0, 0.05) is 20.0 Å². The van der Waals surface area contributed by atoms with Crippen LogP contribution in [0.5, 0.6) is 0 Å². The molecule has 0 unspecified atom stereocenters. The highest BCUT2D eigenvalue weighted by Crippen LogP contribution is 2.26. The lowest BCUT2D eigenvalue weighted by atomic mass is 9.85. The van der Waals surface area contributed by atoms with Crippen LogP contribution in [0.2, 0.25) is 0 Å². The molecule has 11 heavy (non-hydrogen) atoms. The molecule has 2 heteroatoms. The summed E-state index contributed by atoms with van der Waals surface area (Å²) in [5.41, 5.74) is 0. The highest BCUT2D eigenvalue weighted by molar-refractivity contribution is 5.73. The van der Waals surface area contributed by atoms with E-state index in [1.54, 1.807) is 6.92 Å². The lowest BCUT2D eigenvalue weighted by Gasteiger charge is -2.31. The molecule has 0 atom stereocenters. The van der Waals surface area contributed by atoms with Crippen molar-refractivity contribution in [3.05, 3.63) is 0 Å². The molecule has 0 heterocycles. The first-order chi connectivity index (χ1) is 5.24. The number of carbonyl (C=O) groups is 1. The van der Waals surface area contributed by atoms with Crippen LogP contribution in [0.3, 0.4) is 0 Å². The Hall–Kier alpha value is -0.530. The van der Waals surface area contributed by atoms with E-state index in [0.29, 0.717) is 0 Å². The molecule has 0 N–H and O–H groups in total. The summed E-state index contributed by atoms with van der Waals surface area (Å²) in [6.07, 6.45) is 4.01. The summed E-state index contributed by atoms with van der Waals surface area (Å²) in [6, 6.07) is 0. The maximum atomic E-state index is 11.0. The van der Waals surface area contributed by atoms with Crippen LogP contribution in [-0.4, -0.2) is 23.9 Å². The van der Waals surface area contributed by atoms with Crippen LogP contribution >= 0.6 is 0 Å². The average Bonchev–Trinajstić information content (AvgIpc) is 1.85. The van der Waals surface area contributed by atoms with Crippen molar-refractivity contribution in [2.75, 3.05) is 13.1 Å². The van der Waals surface area contributed by atoms with Gasteiger partial charge in [-0.05, 0) is 25.7 Å². The summed E-state index contributed by atoms with van der Waals surface area (Å²) < 4.78 is 0. The van der Waals surface area contributed by atoms with Gasteiger partial charge >= 0.3 is 0 Å². The molecule has 0 aliphatic heterocycles. The van der Waals surface area contributed by atoms with Gasteiger partial charge in [0.15, 0.2) is 0 Å². The van der Waals surface area contributed by atoms with Crippen molar-refractivity contribution in [2.45, 2.75) is 33.1 Å². The fourth-order valence-corrected chi connectivity index (χ4v) is 1.47. The third kappa shape index (κ3) is 2.21. The maximum Gasteiger partial charge on any atom is 0.219 e. The van der Waals surface area contributed by atoms with Gasteiger partial charge in [0.25, 0.3) is 0 Å². The van der Waals surface area contributed by atoms with Crippen molar-refractivity contribution in [2.24, 2.45) is 5.92 Å². The predicted molar refractivity (Wildman–Crippen MR) is 45.3 cm³/mol. The molecule has 1 aliphatic carbocycles.